The fourth-order valence-electron chi connectivity index (χ4n) is 2.94. The Bertz CT molecular complexity index is 989. The van der Waals surface area contributed by atoms with E-state index in [2.05, 4.69) is 9.97 Å². The largest absolute Gasteiger partial charge is 0.465 e. The van der Waals surface area contributed by atoms with E-state index in [1.165, 1.54) is 4.90 Å². The van der Waals surface area contributed by atoms with Gasteiger partial charge in [0.2, 0.25) is 11.6 Å². The number of anilines is 2. The third kappa shape index (κ3) is 6.04. The monoisotopic (exact) mass is 442 g/mol. The highest BCUT2D eigenvalue weighted by Gasteiger charge is 2.32. The lowest BCUT2D eigenvalue weighted by molar-refractivity contribution is -0.383. The Morgan fingerprint density at radius 1 is 1.31 bits per heavy atom. The Hall–Kier alpha value is -3.94. The van der Waals surface area contributed by atoms with E-state index < -0.39 is 22.6 Å². The van der Waals surface area contributed by atoms with Gasteiger partial charge < -0.3 is 20.1 Å². The molecule has 1 aromatic carbocycles. The Kier molecular flexibility index (Phi) is 8.71. The number of esters is 1. The van der Waals surface area contributed by atoms with Gasteiger partial charge in [0.1, 0.15) is 6.54 Å². The molecule has 2 rings (SSSR count). The van der Waals surface area contributed by atoms with E-state index in [1.807, 2.05) is 13.0 Å². The Morgan fingerprint density at radius 3 is 2.56 bits per heavy atom. The van der Waals surface area contributed by atoms with Gasteiger partial charge in [-0.25, -0.2) is 0 Å². The molecule has 0 fully saturated rings. The van der Waals surface area contributed by atoms with Crippen molar-refractivity contribution in [1.82, 2.24) is 9.97 Å². The molecule has 0 saturated heterocycles. The molecule has 170 valence electrons. The summed E-state index contributed by atoms with van der Waals surface area (Å²) in [7, 11) is 0. The van der Waals surface area contributed by atoms with Gasteiger partial charge in [0.15, 0.2) is 0 Å². The van der Waals surface area contributed by atoms with Gasteiger partial charge in [-0.05, 0) is 38.0 Å². The highest BCUT2D eigenvalue weighted by Crippen LogP contribution is 2.37. The van der Waals surface area contributed by atoms with Gasteiger partial charge in [-0.3, -0.25) is 14.9 Å². The summed E-state index contributed by atoms with van der Waals surface area (Å²) in [5.41, 5.74) is 6.51. The van der Waals surface area contributed by atoms with Crippen molar-refractivity contribution in [2.45, 2.75) is 39.7 Å². The van der Waals surface area contributed by atoms with Gasteiger partial charge in [0, 0.05) is 0 Å². The maximum Gasteiger partial charge on any atom is 0.353 e. The van der Waals surface area contributed by atoms with E-state index in [4.69, 9.17) is 20.5 Å². The number of nitriles is 1. The van der Waals surface area contributed by atoms with E-state index in [1.54, 1.807) is 38.1 Å². The van der Waals surface area contributed by atoms with Crippen molar-refractivity contribution in [2.24, 2.45) is 0 Å². The lowest BCUT2D eigenvalue weighted by atomic mass is 10.0. The summed E-state index contributed by atoms with van der Waals surface area (Å²) >= 11 is 0. The van der Waals surface area contributed by atoms with Gasteiger partial charge in [0.05, 0.1) is 35.8 Å². The van der Waals surface area contributed by atoms with E-state index in [9.17, 15) is 14.9 Å². The number of nitrogens with zero attached hydrogens (tertiary/aromatic N) is 5. The van der Waals surface area contributed by atoms with E-state index in [0.29, 0.717) is 17.7 Å². The molecular weight excluding hydrogens is 416 g/mol. The highest BCUT2D eigenvalue weighted by molar-refractivity contribution is 5.79. The van der Waals surface area contributed by atoms with Gasteiger partial charge in [-0.1, -0.05) is 25.5 Å². The number of hydrogen-bond donors (Lipinski definition) is 1. The second-order valence-electron chi connectivity index (χ2n) is 6.87. The molecule has 2 aromatic rings. The molecule has 0 aliphatic heterocycles. The van der Waals surface area contributed by atoms with Crippen LogP contribution in [0, 0.1) is 21.4 Å². The second-order valence-corrected chi connectivity index (χ2v) is 6.87. The minimum absolute atomic E-state index is 0.113. The molecule has 32 heavy (non-hydrogen) atoms. The van der Waals surface area contributed by atoms with Crippen LogP contribution in [0.5, 0.6) is 6.01 Å². The van der Waals surface area contributed by atoms with Crippen molar-refractivity contribution < 1.29 is 19.2 Å². The van der Waals surface area contributed by atoms with Gasteiger partial charge in [-0.2, -0.15) is 15.2 Å². The quantitative estimate of drug-likeness (QED) is 0.237. The zero-order valence-electron chi connectivity index (χ0n) is 18.3. The number of carbonyl (C=O) groups excluding carboxylic acids is 1. The van der Waals surface area contributed by atoms with Crippen LogP contribution in [0.1, 0.15) is 50.8 Å². The minimum Gasteiger partial charge on any atom is -0.465 e. The first-order valence-electron chi connectivity index (χ1n) is 10.2. The Balaban J connectivity index is 2.57. The van der Waals surface area contributed by atoms with Crippen LogP contribution in [-0.2, 0) is 9.53 Å². The van der Waals surface area contributed by atoms with Crippen LogP contribution in [0.25, 0.3) is 0 Å². The summed E-state index contributed by atoms with van der Waals surface area (Å²) in [5.74, 6) is -1.11. The molecule has 2 N–H and O–H groups in total. The van der Waals surface area contributed by atoms with E-state index in [0.717, 1.165) is 12.8 Å². The normalized spacial score (nSPS) is 11.3. The van der Waals surface area contributed by atoms with Crippen LogP contribution in [0.3, 0.4) is 0 Å². The molecule has 1 atom stereocenters. The van der Waals surface area contributed by atoms with Crippen LogP contribution >= 0.6 is 0 Å². The molecule has 0 bridgehead atoms. The molecular formula is C21H26N6O5. The molecule has 1 unspecified atom stereocenters. The average Bonchev–Trinajstić information content (AvgIpc) is 2.76. The van der Waals surface area contributed by atoms with Gasteiger partial charge in [0.25, 0.3) is 0 Å². The van der Waals surface area contributed by atoms with Crippen molar-refractivity contribution >= 4 is 23.3 Å². The van der Waals surface area contributed by atoms with Crippen molar-refractivity contribution in [3.63, 3.8) is 0 Å². The van der Waals surface area contributed by atoms with Crippen LogP contribution < -0.4 is 15.4 Å². The molecule has 0 spiro atoms. The number of nitro groups is 1. The molecule has 11 heteroatoms. The number of carbonyl (C=O) groups is 1. The topological polar surface area (TPSA) is 158 Å². The summed E-state index contributed by atoms with van der Waals surface area (Å²) in [6.45, 7) is 5.55. The highest BCUT2D eigenvalue weighted by atomic mass is 16.6. The lowest BCUT2D eigenvalue weighted by Crippen LogP contribution is -2.35. The molecule has 1 heterocycles. The lowest BCUT2D eigenvalue weighted by Gasteiger charge is -2.29. The number of unbranched alkanes of at least 4 members (excludes halogenated alkanes) is 1. The number of ether oxygens (including phenoxy) is 2. The van der Waals surface area contributed by atoms with E-state index in [-0.39, 0.29) is 30.8 Å². The van der Waals surface area contributed by atoms with Gasteiger partial charge >= 0.3 is 17.7 Å². The summed E-state index contributed by atoms with van der Waals surface area (Å²) in [5, 5.41) is 20.8. The summed E-state index contributed by atoms with van der Waals surface area (Å²) in [4.78, 5) is 33.0. The molecule has 0 radical (unpaired) electrons. The smallest absolute Gasteiger partial charge is 0.353 e. The van der Waals surface area contributed by atoms with Crippen LogP contribution in [-0.4, -0.2) is 40.6 Å². The number of nitrogen functional groups attached to an aromatic ring is 1. The van der Waals surface area contributed by atoms with Crippen LogP contribution in [0.2, 0.25) is 0 Å². The van der Waals surface area contributed by atoms with E-state index >= 15 is 0 Å². The Labute approximate surface area is 185 Å². The van der Waals surface area contributed by atoms with Crippen molar-refractivity contribution in [3.8, 4) is 12.1 Å². The van der Waals surface area contributed by atoms with Gasteiger partial charge in [-0.15, -0.1) is 0 Å². The summed E-state index contributed by atoms with van der Waals surface area (Å²) in [6, 6.07) is 8.02. The second kappa shape index (κ2) is 11.5. The zero-order valence-corrected chi connectivity index (χ0v) is 18.3. The molecule has 11 nitrogen and oxygen atoms in total. The van der Waals surface area contributed by atoms with Crippen molar-refractivity contribution in [2.75, 3.05) is 30.4 Å². The fraction of sp³-hybridized carbons (Fsp3) is 0.429. The van der Waals surface area contributed by atoms with Crippen molar-refractivity contribution in [1.29, 1.82) is 5.26 Å². The SMILES string of the molecule is CCCCOc1nc(N)c([N+](=O)[O-])c(N(CC(=O)OCC)C(C)c2ccc(C#N)cc2)n1. The zero-order chi connectivity index (χ0) is 23.7. The first kappa shape index (κ1) is 24.3. The number of aromatic nitrogens is 2. The third-order valence-corrected chi connectivity index (χ3v) is 4.65. The van der Waals surface area contributed by atoms with Crippen LogP contribution in [0.4, 0.5) is 17.3 Å². The average molecular weight is 442 g/mol. The number of nitrogens with two attached hydrogens (primary N) is 1. The maximum absolute atomic E-state index is 12.3. The Morgan fingerprint density at radius 2 is 2.00 bits per heavy atom. The summed E-state index contributed by atoms with van der Waals surface area (Å²) in [6.07, 6.45) is 1.61. The van der Waals surface area contributed by atoms with Crippen molar-refractivity contribution in [3.05, 3.63) is 45.5 Å². The molecule has 1 aromatic heterocycles. The number of hydrogen-bond acceptors (Lipinski definition) is 10. The summed E-state index contributed by atoms with van der Waals surface area (Å²) < 4.78 is 10.6. The first-order chi connectivity index (χ1) is 15.3. The number of benzene rings is 1. The minimum atomic E-state index is -0.690. The third-order valence-electron chi connectivity index (χ3n) is 4.65. The molecule has 0 aliphatic carbocycles. The predicted molar refractivity (Wildman–Crippen MR) is 117 cm³/mol. The fourth-order valence-corrected chi connectivity index (χ4v) is 2.94. The molecule has 0 aliphatic rings. The maximum atomic E-state index is 12.3. The standard InChI is InChI=1S/C21H26N6O5/c1-4-6-11-32-21-24-19(23)18(27(29)30)20(25-21)26(13-17(28)31-5-2)14(3)16-9-7-15(12-22)8-10-16/h7-10,14H,4-6,11,13H2,1-3H3,(H2,23,24,25). The van der Waals surface area contributed by atoms with Crippen LogP contribution in [0.15, 0.2) is 24.3 Å². The first-order valence-corrected chi connectivity index (χ1v) is 10.2. The molecule has 0 saturated carbocycles. The molecule has 0 amide bonds. The predicted octanol–water partition coefficient (Wildman–Crippen LogP) is 3.15. The number of rotatable bonds is 11.